The third kappa shape index (κ3) is 2.15. The third-order valence-electron chi connectivity index (χ3n) is 2.58. The molecule has 0 saturated carbocycles. The van der Waals surface area contributed by atoms with E-state index in [1.165, 1.54) is 17.8 Å². The second-order valence-corrected chi connectivity index (χ2v) is 4.71. The number of benzene rings is 1. The maximum atomic E-state index is 13.4. The smallest absolute Gasteiger partial charge is 0.306 e. The maximum absolute atomic E-state index is 13.4. The zero-order valence-electron chi connectivity index (χ0n) is 8.07. The van der Waals surface area contributed by atoms with Crippen molar-refractivity contribution in [1.82, 2.24) is 0 Å². The lowest BCUT2D eigenvalue weighted by molar-refractivity contribution is -0.141. The Morgan fingerprint density at radius 3 is 3.07 bits per heavy atom. The molecule has 1 aliphatic rings. The van der Waals surface area contributed by atoms with Gasteiger partial charge in [-0.1, -0.05) is 12.1 Å². The number of hydrogen-bond donors (Lipinski definition) is 1. The Morgan fingerprint density at radius 1 is 1.53 bits per heavy atom. The van der Waals surface area contributed by atoms with Crippen LogP contribution in [0.5, 0.6) is 0 Å². The lowest BCUT2D eigenvalue weighted by Gasteiger charge is -2.08. The van der Waals surface area contributed by atoms with E-state index in [0.717, 1.165) is 5.56 Å². The van der Waals surface area contributed by atoms with Crippen LogP contribution in [0.4, 0.5) is 4.39 Å². The molecular weight excluding hydrogens is 215 g/mol. The molecule has 0 fully saturated rings. The minimum absolute atomic E-state index is 0.233. The number of aliphatic carboxylic acids is 1. The molecule has 1 heterocycles. The molecule has 4 heteroatoms. The summed E-state index contributed by atoms with van der Waals surface area (Å²) in [4.78, 5) is 11.5. The van der Waals surface area contributed by atoms with Crippen molar-refractivity contribution in [3.05, 3.63) is 29.6 Å². The standard InChI is InChI=1S/C11H11FO2S/c12-9-3-1-2-7-6-8(11(13)14)4-5-15-10(7)9/h1-3,8H,4-6H2,(H,13,14). The topological polar surface area (TPSA) is 37.3 Å². The molecule has 1 aromatic carbocycles. The molecule has 1 aliphatic heterocycles. The van der Waals surface area contributed by atoms with Crippen LogP contribution in [-0.2, 0) is 11.2 Å². The van der Waals surface area contributed by atoms with Crippen molar-refractivity contribution >= 4 is 17.7 Å². The second-order valence-electron chi connectivity index (χ2n) is 3.60. The van der Waals surface area contributed by atoms with E-state index in [9.17, 15) is 9.18 Å². The lowest BCUT2D eigenvalue weighted by Crippen LogP contribution is -2.16. The summed E-state index contributed by atoms with van der Waals surface area (Å²) in [6, 6.07) is 4.87. The van der Waals surface area contributed by atoms with Gasteiger partial charge in [-0.3, -0.25) is 4.79 Å². The number of carboxylic acids is 1. The molecule has 0 aliphatic carbocycles. The molecule has 0 saturated heterocycles. The summed E-state index contributed by atoms with van der Waals surface area (Å²) in [5.41, 5.74) is 0.824. The molecule has 15 heavy (non-hydrogen) atoms. The molecule has 2 nitrogen and oxygen atoms in total. The predicted octanol–water partition coefficient (Wildman–Crippen LogP) is 2.56. The van der Waals surface area contributed by atoms with E-state index in [2.05, 4.69) is 0 Å². The monoisotopic (exact) mass is 226 g/mol. The van der Waals surface area contributed by atoms with Crippen LogP contribution in [0, 0.1) is 11.7 Å². The largest absolute Gasteiger partial charge is 0.481 e. The van der Waals surface area contributed by atoms with Crippen LogP contribution in [0.25, 0.3) is 0 Å². The Kier molecular flexibility index (Phi) is 2.95. The molecule has 0 amide bonds. The summed E-state index contributed by atoms with van der Waals surface area (Å²) < 4.78 is 13.4. The molecule has 1 unspecified atom stereocenters. The van der Waals surface area contributed by atoms with Gasteiger partial charge in [-0.2, -0.15) is 0 Å². The Hall–Kier alpha value is -1.03. The molecule has 0 radical (unpaired) electrons. The van der Waals surface area contributed by atoms with E-state index in [1.807, 2.05) is 6.07 Å². The first-order valence-corrected chi connectivity index (χ1v) is 5.80. The van der Waals surface area contributed by atoms with Crippen molar-refractivity contribution < 1.29 is 14.3 Å². The van der Waals surface area contributed by atoms with Crippen LogP contribution in [0.3, 0.4) is 0 Å². The normalized spacial score (nSPS) is 20.5. The average molecular weight is 226 g/mol. The highest BCUT2D eigenvalue weighted by atomic mass is 32.2. The maximum Gasteiger partial charge on any atom is 0.306 e. The van der Waals surface area contributed by atoms with Gasteiger partial charge in [-0.05, 0) is 30.2 Å². The molecule has 0 spiro atoms. The lowest BCUT2D eigenvalue weighted by atomic mass is 9.97. The van der Waals surface area contributed by atoms with Gasteiger partial charge in [0, 0.05) is 4.90 Å². The van der Waals surface area contributed by atoms with Gasteiger partial charge in [0.05, 0.1) is 5.92 Å². The van der Waals surface area contributed by atoms with Crippen LogP contribution in [0.1, 0.15) is 12.0 Å². The minimum atomic E-state index is -0.785. The van der Waals surface area contributed by atoms with Crippen LogP contribution in [0.2, 0.25) is 0 Å². The Labute approximate surface area is 91.5 Å². The van der Waals surface area contributed by atoms with Crippen LogP contribution in [-0.4, -0.2) is 16.8 Å². The van der Waals surface area contributed by atoms with Gasteiger partial charge in [-0.15, -0.1) is 11.8 Å². The molecule has 1 aromatic rings. The summed E-state index contributed by atoms with van der Waals surface area (Å²) >= 11 is 1.42. The minimum Gasteiger partial charge on any atom is -0.481 e. The van der Waals surface area contributed by atoms with Gasteiger partial charge in [0.2, 0.25) is 0 Å². The average Bonchev–Trinajstić information content (AvgIpc) is 2.40. The van der Waals surface area contributed by atoms with E-state index in [1.54, 1.807) is 6.07 Å². The summed E-state index contributed by atoms with van der Waals surface area (Å²) in [5, 5.41) is 8.96. The van der Waals surface area contributed by atoms with Crippen LogP contribution in [0.15, 0.2) is 23.1 Å². The van der Waals surface area contributed by atoms with Crippen LogP contribution >= 0.6 is 11.8 Å². The fraction of sp³-hybridized carbons (Fsp3) is 0.364. The number of thioether (sulfide) groups is 1. The van der Waals surface area contributed by atoms with E-state index >= 15 is 0 Å². The molecule has 0 aromatic heterocycles. The molecule has 0 bridgehead atoms. The SMILES string of the molecule is O=C(O)C1CCSc2c(F)cccc2C1. The van der Waals surface area contributed by atoms with Gasteiger partial charge in [0.1, 0.15) is 5.82 Å². The number of rotatable bonds is 1. The van der Waals surface area contributed by atoms with Gasteiger partial charge < -0.3 is 5.11 Å². The Bertz CT molecular complexity index is 392. The van der Waals surface area contributed by atoms with Crippen molar-refractivity contribution in [2.45, 2.75) is 17.7 Å². The van der Waals surface area contributed by atoms with Gasteiger partial charge >= 0.3 is 5.97 Å². The molecule has 1 N–H and O–H groups in total. The molecule has 80 valence electrons. The zero-order chi connectivity index (χ0) is 10.8. The number of carboxylic acid groups (broad SMARTS) is 1. The molecular formula is C11H11FO2S. The first-order valence-electron chi connectivity index (χ1n) is 4.81. The van der Waals surface area contributed by atoms with Crippen molar-refractivity contribution in [3.8, 4) is 0 Å². The van der Waals surface area contributed by atoms with E-state index < -0.39 is 5.97 Å². The second kappa shape index (κ2) is 4.23. The summed E-state index contributed by atoms with van der Waals surface area (Å²) in [6.07, 6.45) is 1.05. The van der Waals surface area contributed by atoms with Crippen molar-refractivity contribution in [2.75, 3.05) is 5.75 Å². The highest BCUT2D eigenvalue weighted by Gasteiger charge is 2.23. The van der Waals surface area contributed by atoms with E-state index in [4.69, 9.17) is 5.11 Å². The van der Waals surface area contributed by atoms with Crippen molar-refractivity contribution in [2.24, 2.45) is 5.92 Å². The third-order valence-corrected chi connectivity index (χ3v) is 3.76. The number of hydrogen-bond acceptors (Lipinski definition) is 2. The number of carbonyl (C=O) groups is 1. The van der Waals surface area contributed by atoms with E-state index in [-0.39, 0.29) is 11.7 Å². The number of fused-ring (bicyclic) bond motifs is 1. The van der Waals surface area contributed by atoms with Gasteiger partial charge in [0.25, 0.3) is 0 Å². The Balaban J connectivity index is 2.34. The molecule has 1 atom stereocenters. The predicted molar refractivity (Wildman–Crippen MR) is 56.6 cm³/mol. The first-order chi connectivity index (χ1) is 7.18. The number of halogens is 1. The van der Waals surface area contributed by atoms with Crippen LogP contribution < -0.4 is 0 Å². The zero-order valence-corrected chi connectivity index (χ0v) is 8.89. The van der Waals surface area contributed by atoms with Gasteiger partial charge in [-0.25, -0.2) is 4.39 Å². The fourth-order valence-corrected chi connectivity index (χ4v) is 2.91. The summed E-state index contributed by atoms with van der Waals surface area (Å²) in [6.45, 7) is 0. The highest BCUT2D eigenvalue weighted by Crippen LogP contribution is 2.33. The quantitative estimate of drug-likeness (QED) is 0.799. The van der Waals surface area contributed by atoms with E-state index in [0.29, 0.717) is 23.5 Å². The van der Waals surface area contributed by atoms with Crippen molar-refractivity contribution in [1.29, 1.82) is 0 Å². The van der Waals surface area contributed by atoms with Crippen molar-refractivity contribution in [3.63, 3.8) is 0 Å². The summed E-state index contributed by atoms with van der Waals surface area (Å²) in [5.74, 6) is -0.720. The van der Waals surface area contributed by atoms with Gasteiger partial charge in [0.15, 0.2) is 0 Å². The summed E-state index contributed by atoms with van der Waals surface area (Å²) in [7, 11) is 0. The highest BCUT2D eigenvalue weighted by molar-refractivity contribution is 7.99. The fourth-order valence-electron chi connectivity index (χ4n) is 1.76. The Morgan fingerprint density at radius 2 is 2.33 bits per heavy atom. The molecule has 2 rings (SSSR count). The first kappa shape index (κ1) is 10.5.